The second-order valence-corrected chi connectivity index (χ2v) is 10.6. The van der Waals surface area contributed by atoms with Crippen molar-refractivity contribution in [2.45, 2.75) is 82.2 Å². The van der Waals surface area contributed by atoms with Crippen molar-refractivity contribution < 1.29 is 9.53 Å². The highest BCUT2D eigenvalue weighted by Gasteiger charge is 2.56. The van der Waals surface area contributed by atoms with Crippen molar-refractivity contribution in [1.82, 2.24) is 4.90 Å². The third-order valence-corrected chi connectivity index (χ3v) is 7.28. The second kappa shape index (κ2) is 6.01. The van der Waals surface area contributed by atoms with Crippen LogP contribution in [0.25, 0.3) is 0 Å². The molecule has 0 N–H and O–H groups in total. The molecular weight excluding hydrogens is 320 g/mol. The highest BCUT2D eigenvalue weighted by atomic mass is 32.2. The van der Waals surface area contributed by atoms with Crippen molar-refractivity contribution in [3.05, 3.63) is 0 Å². The summed E-state index contributed by atoms with van der Waals surface area (Å²) in [5, 5.41) is 0.929. The maximum atomic E-state index is 13.1. The van der Waals surface area contributed by atoms with Crippen LogP contribution >= 0.6 is 11.8 Å². The highest BCUT2D eigenvalue weighted by molar-refractivity contribution is 8.15. The molecule has 4 nitrogen and oxygen atoms in total. The number of amidine groups is 1. The van der Waals surface area contributed by atoms with Crippen LogP contribution in [-0.4, -0.2) is 45.5 Å². The summed E-state index contributed by atoms with van der Waals surface area (Å²) in [5.74, 6) is 1.37. The Kier molecular flexibility index (Phi) is 4.23. The zero-order valence-corrected chi connectivity index (χ0v) is 16.0. The Morgan fingerprint density at radius 3 is 2.62 bits per heavy atom. The van der Waals surface area contributed by atoms with Crippen molar-refractivity contribution in [3.8, 4) is 0 Å². The van der Waals surface area contributed by atoms with Crippen LogP contribution in [0.4, 0.5) is 0 Å². The van der Waals surface area contributed by atoms with Crippen LogP contribution in [0, 0.1) is 11.8 Å². The van der Waals surface area contributed by atoms with E-state index in [1.165, 1.54) is 12.8 Å². The van der Waals surface area contributed by atoms with Gasteiger partial charge < -0.3 is 9.64 Å². The molecule has 5 aliphatic rings. The van der Waals surface area contributed by atoms with E-state index >= 15 is 0 Å². The Labute approximate surface area is 149 Å². The minimum atomic E-state index is -0.592. The fourth-order valence-corrected chi connectivity index (χ4v) is 6.39. The van der Waals surface area contributed by atoms with Gasteiger partial charge in [-0.25, -0.2) is 0 Å². The molecule has 24 heavy (non-hydrogen) atoms. The maximum absolute atomic E-state index is 13.1. The van der Waals surface area contributed by atoms with Crippen molar-refractivity contribution >= 4 is 22.8 Å². The van der Waals surface area contributed by atoms with E-state index < -0.39 is 5.60 Å². The minimum absolute atomic E-state index is 0.00305. The summed E-state index contributed by atoms with van der Waals surface area (Å²) in [6.45, 7) is 8.67. The topological polar surface area (TPSA) is 41.9 Å². The number of aliphatic imine (C=N–C) groups is 1. The molecule has 0 aromatic rings. The van der Waals surface area contributed by atoms with Crippen molar-refractivity contribution in [2.24, 2.45) is 16.8 Å². The van der Waals surface area contributed by atoms with E-state index in [2.05, 4.69) is 30.7 Å². The molecule has 3 saturated heterocycles. The largest absolute Gasteiger partial charge is 0.362 e. The molecule has 2 aliphatic carbocycles. The molecule has 0 aromatic carbocycles. The first kappa shape index (κ1) is 16.9. The van der Waals surface area contributed by atoms with Gasteiger partial charge in [-0.15, -0.1) is 0 Å². The minimum Gasteiger partial charge on any atom is -0.362 e. The summed E-state index contributed by atoms with van der Waals surface area (Å²) in [4.78, 5) is 20.1. The Bertz CT molecular complexity index is 522. The standard InChI is InChI=1S/C19H30N2O2S/c1-4-5-6-21-12-18(2,3)24-17(21)20-16(22)19-10-13-7-14(11-19)9-15(8-13)23-19/h13-15H,4-12H2,1-3H3. The number of ether oxygens (including phenoxy) is 1. The number of thioether (sulfide) groups is 1. The van der Waals surface area contributed by atoms with E-state index in [1.54, 1.807) is 11.8 Å². The predicted molar refractivity (Wildman–Crippen MR) is 98.3 cm³/mol. The molecule has 2 atom stereocenters. The van der Waals surface area contributed by atoms with E-state index in [0.29, 0.717) is 17.9 Å². The van der Waals surface area contributed by atoms with E-state index in [-0.39, 0.29) is 10.7 Å². The van der Waals surface area contributed by atoms with Gasteiger partial charge in [0, 0.05) is 17.8 Å². The number of rotatable bonds is 4. The number of carbonyl (C=O) groups is 1. The summed E-state index contributed by atoms with van der Waals surface area (Å²) in [5.41, 5.74) is -0.592. The average molecular weight is 351 g/mol. The third-order valence-electron chi connectivity index (χ3n) is 6.07. The number of carbonyl (C=O) groups excluding carboxylic acids is 1. The highest BCUT2D eigenvalue weighted by Crippen LogP contribution is 2.53. The van der Waals surface area contributed by atoms with Crippen LogP contribution in [0.2, 0.25) is 0 Å². The van der Waals surface area contributed by atoms with E-state index in [0.717, 1.165) is 50.4 Å². The van der Waals surface area contributed by atoms with Gasteiger partial charge in [0.2, 0.25) is 0 Å². The van der Waals surface area contributed by atoms with Crippen LogP contribution in [0.1, 0.15) is 65.7 Å². The van der Waals surface area contributed by atoms with Gasteiger partial charge in [0.05, 0.1) is 6.10 Å². The lowest BCUT2D eigenvalue weighted by Crippen LogP contribution is -2.58. The lowest BCUT2D eigenvalue weighted by molar-refractivity contribution is -0.216. The fraction of sp³-hybridized carbons (Fsp3) is 0.895. The molecular formula is C19H30N2O2S. The molecule has 134 valence electrons. The fourth-order valence-electron chi connectivity index (χ4n) is 5.27. The van der Waals surface area contributed by atoms with Gasteiger partial charge >= 0.3 is 0 Å². The smallest absolute Gasteiger partial charge is 0.280 e. The van der Waals surface area contributed by atoms with Gasteiger partial charge in [0.25, 0.3) is 5.91 Å². The number of nitrogens with zero attached hydrogens (tertiary/aromatic N) is 2. The molecule has 0 radical (unpaired) electrons. The number of unbranched alkanes of at least 4 members (excludes halogenated alkanes) is 1. The molecule has 5 heteroatoms. The van der Waals surface area contributed by atoms with Crippen molar-refractivity contribution in [3.63, 3.8) is 0 Å². The quantitative estimate of drug-likeness (QED) is 0.772. The molecule has 2 unspecified atom stereocenters. The van der Waals surface area contributed by atoms with Crippen molar-refractivity contribution in [2.75, 3.05) is 13.1 Å². The first-order valence-electron chi connectivity index (χ1n) is 9.64. The number of amides is 1. The molecule has 0 aromatic heterocycles. The van der Waals surface area contributed by atoms with Gasteiger partial charge in [-0.05, 0) is 64.2 Å². The van der Waals surface area contributed by atoms with Crippen molar-refractivity contribution in [1.29, 1.82) is 0 Å². The van der Waals surface area contributed by atoms with Crippen LogP contribution in [0.3, 0.4) is 0 Å². The molecule has 3 heterocycles. The second-order valence-electron chi connectivity index (χ2n) is 8.92. The molecule has 2 saturated carbocycles. The Balaban J connectivity index is 1.54. The zero-order chi connectivity index (χ0) is 16.9. The normalized spacial score (nSPS) is 41.4. The predicted octanol–water partition coefficient (Wildman–Crippen LogP) is 3.84. The van der Waals surface area contributed by atoms with Gasteiger partial charge in [-0.3, -0.25) is 4.79 Å². The average Bonchev–Trinajstić information content (AvgIpc) is 2.77. The van der Waals surface area contributed by atoms with Crippen LogP contribution in [0.15, 0.2) is 4.99 Å². The Morgan fingerprint density at radius 1 is 1.29 bits per heavy atom. The SMILES string of the molecule is CCCCN1CC(C)(C)SC1=NC(=O)C12CC3CC(CC(C3)O1)C2. The first-order chi connectivity index (χ1) is 11.4. The third kappa shape index (κ3) is 3.03. The van der Waals surface area contributed by atoms with Gasteiger partial charge in [0.1, 0.15) is 5.60 Å². The molecule has 3 aliphatic heterocycles. The van der Waals surface area contributed by atoms with Crippen LogP contribution in [0.5, 0.6) is 0 Å². The van der Waals surface area contributed by atoms with Crippen LogP contribution < -0.4 is 0 Å². The number of hydrogen-bond acceptors (Lipinski definition) is 3. The Hall–Kier alpha value is -0.550. The summed E-state index contributed by atoms with van der Waals surface area (Å²) >= 11 is 1.76. The summed E-state index contributed by atoms with van der Waals surface area (Å²) in [7, 11) is 0. The van der Waals surface area contributed by atoms with E-state index in [9.17, 15) is 4.79 Å². The monoisotopic (exact) mass is 350 g/mol. The number of hydrogen-bond donors (Lipinski definition) is 0. The zero-order valence-electron chi connectivity index (χ0n) is 15.2. The van der Waals surface area contributed by atoms with Crippen LogP contribution in [-0.2, 0) is 9.53 Å². The molecule has 0 spiro atoms. The molecule has 5 rings (SSSR count). The summed E-state index contributed by atoms with van der Waals surface area (Å²) in [6.07, 6.45) is 8.05. The summed E-state index contributed by atoms with van der Waals surface area (Å²) < 4.78 is 6.40. The summed E-state index contributed by atoms with van der Waals surface area (Å²) in [6, 6.07) is 0. The maximum Gasteiger partial charge on any atom is 0.280 e. The molecule has 4 bridgehead atoms. The lowest BCUT2D eigenvalue weighted by Gasteiger charge is -2.54. The van der Waals surface area contributed by atoms with Gasteiger partial charge in [0.15, 0.2) is 5.17 Å². The van der Waals surface area contributed by atoms with Gasteiger partial charge in [-0.2, -0.15) is 4.99 Å². The molecule has 1 amide bonds. The van der Waals surface area contributed by atoms with E-state index in [1.807, 2.05) is 0 Å². The van der Waals surface area contributed by atoms with Gasteiger partial charge in [-0.1, -0.05) is 25.1 Å². The first-order valence-corrected chi connectivity index (χ1v) is 10.5. The molecule has 5 fully saturated rings. The van der Waals surface area contributed by atoms with E-state index in [4.69, 9.17) is 4.74 Å². The lowest BCUT2D eigenvalue weighted by atomic mass is 9.62. The Morgan fingerprint density at radius 2 is 2.00 bits per heavy atom.